The lowest BCUT2D eigenvalue weighted by Gasteiger charge is -2.42. The summed E-state index contributed by atoms with van der Waals surface area (Å²) < 4.78 is 325. The van der Waals surface area contributed by atoms with Crippen LogP contribution in [0.15, 0.2) is 0 Å². The number of hydrogen-bond donors (Lipinski definition) is 16. The van der Waals surface area contributed by atoms with Gasteiger partial charge < -0.3 is 0 Å². The third-order valence-corrected chi connectivity index (χ3v) is 33.7. The number of sulfonamides is 2. The molecule has 0 amide bonds. The summed E-state index contributed by atoms with van der Waals surface area (Å²) in [6, 6.07) is 0. The Morgan fingerprint density at radius 2 is 0.616 bits per heavy atom. The second-order valence-corrected chi connectivity index (χ2v) is 42.6. The average molecular weight is 1430 g/mol. The SMILES string of the molecule is CS(=O)(=O)C1CC2C3NC4NC(NC5NC(NC6NC(NC(N3)C2CC1S(=O)(=O)NCCS(=O)(=O)O)C1CC(S(=O)(=O)NCCS(=O)(=O)O)CCC61)C1CC(S(=O)(=O)O)C(S(=O)(=O)O)CC51)C1CC(S(=O)(=O)O)C(S(=O)(=O)CCCS(=O)(=O)O)CC41. The first kappa shape index (κ1) is 69.2. The van der Waals surface area contributed by atoms with Crippen LogP contribution in [0.5, 0.6) is 0 Å². The molecular weight excluding hydrogens is 1360 g/mol. The number of sulfone groups is 2. The average Bonchev–Trinajstić information content (AvgIpc) is 1.54. The van der Waals surface area contributed by atoms with Crippen LogP contribution in [0.25, 0.3) is 0 Å². The van der Waals surface area contributed by atoms with E-state index >= 15 is 0 Å². The second-order valence-electron chi connectivity index (χ2n) is 24.4. The zero-order valence-electron chi connectivity index (χ0n) is 45.5. The summed E-state index contributed by atoms with van der Waals surface area (Å²) in [5, 5.41) is 14.3. The van der Waals surface area contributed by atoms with Crippen molar-refractivity contribution in [1.29, 1.82) is 0 Å². The predicted molar refractivity (Wildman–Crippen MR) is 302 cm³/mol. The molecule has 5 aliphatic heterocycles. The van der Waals surface area contributed by atoms with Gasteiger partial charge in [-0.3, -0.25) is 69.9 Å². The van der Waals surface area contributed by atoms with Gasteiger partial charge in [-0.25, -0.2) is 43.1 Å². The van der Waals surface area contributed by atoms with Crippen LogP contribution in [0.4, 0.5) is 0 Å². The Hall–Kier alpha value is -1.14. The molecule has 0 aromatic heterocycles. The zero-order valence-corrected chi connectivity index (χ0v) is 53.7. The van der Waals surface area contributed by atoms with Gasteiger partial charge in [0.15, 0.2) is 19.7 Å². The third-order valence-electron chi connectivity index (χ3n) is 19.3. The van der Waals surface area contributed by atoms with Crippen molar-refractivity contribution < 1.29 is 111 Å². The van der Waals surface area contributed by atoms with Gasteiger partial charge in [-0.1, -0.05) is 0 Å². The summed E-state index contributed by atoms with van der Waals surface area (Å²) in [6.07, 6.45) is -12.0. The molecule has 16 N–H and O–H groups in total. The van der Waals surface area contributed by atoms with E-state index in [0.717, 1.165) is 6.26 Å². The maximum absolute atomic E-state index is 14.2. The van der Waals surface area contributed by atoms with Crippen molar-refractivity contribution in [2.75, 3.05) is 42.4 Å². The molecule has 46 heteroatoms. The number of rotatable bonds is 19. The highest BCUT2D eigenvalue weighted by atomic mass is 32.3. The van der Waals surface area contributed by atoms with Crippen LogP contribution in [0.1, 0.15) is 64.2 Å². The summed E-state index contributed by atoms with van der Waals surface area (Å²) in [6.45, 7) is -1.55. The summed E-state index contributed by atoms with van der Waals surface area (Å²) in [7, 11) is -48.0. The van der Waals surface area contributed by atoms with Gasteiger partial charge in [0.05, 0.1) is 93.3 Å². The van der Waals surface area contributed by atoms with Gasteiger partial charge in [-0.15, -0.1) is 0 Å². The van der Waals surface area contributed by atoms with Crippen LogP contribution in [0.3, 0.4) is 0 Å². The summed E-state index contributed by atoms with van der Waals surface area (Å²) in [4.78, 5) is 0. The lowest BCUT2D eigenvalue weighted by Crippen LogP contribution is -2.61. The van der Waals surface area contributed by atoms with Crippen molar-refractivity contribution in [2.45, 2.75) is 150 Å². The molecule has 0 spiro atoms. The van der Waals surface area contributed by atoms with E-state index in [1.807, 2.05) is 0 Å². The molecule has 9 rings (SSSR count). The largest absolute Gasteiger partial charge is 0.286 e. The minimum Gasteiger partial charge on any atom is -0.286 e. The minimum absolute atomic E-state index is 0.0336. The van der Waals surface area contributed by atoms with Crippen molar-refractivity contribution in [2.24, 2.45) is 47.3 Å². The van der Waals surface area contributed by atoms with Gasteiger partial charge >= 0.3 is 0 Å². The molecule has 4 saturated carbocycles. The summed E-state index contributed by atoms with van der Waals surface area (Å²) >= 11 is 0. The Balaban J connectivity index is 1.15. The van der Waals surface area contributed by atoms with E-state index in [4.69, 9.17) is 0 Å². The number of fused-ring (bicyclic) bond motifs is 20. The van der Waals surface area contributed by atoms with E-state index in [1.165, 1.54) is 0 Å². The van der Waals surface area contributed by atoms with Crippen LogP contribution >= 0.6 is 0 Å². The standard InChI is InChI=1S/C40H74N10O26S10/c1-77(51,52)27-12-21-23(14-29(27)83(66,67)42-6-10-81(61,62)63)37-45-34-20-11-18(82(64,65)41-5-9-80(58,59)60)3-4-19(20)33(43-34)44-38-25-16-31(85(71,72)73)32(86(74,75)76)17-26(25)40(49-38)50-39-24-15-30(84(68,69)70)28(78(53,54)7-2-8-79(55,56)57)13-22(24)36(48-39)46-35(21)47-37/h18-50H,2-17H2,1H3,(H,55,56,57)(H,58,59,60)(H,61,62,63)(H,68,69,70)(H,71,72,73)(H,74,75,76). The Kier molecular flexibility index (Phi) is 19.6. The first-order valence-electron chi connectivity index (χ1n) is 27.4. The lowest BCUT2D eigenvalue weighted by atomic mass is 9.76. The highest BCUT2D eigenvalue weighted by Gasteiger charge is 2.62. The molecule has 9 aliphatic rings. The van der Waals surface area contributed by atoms with E-state index in [1.54, 1.807) is 0 Å². The van der Waals surface area contributed by atoms with Crippen LogP contribution in [-0.4, -0.2) is 240 Å². The summed E-state index contributed by atoms with van der Waals surface area (Å²) in [5.74, 6) is -11.2. The van der Waals surface area contributed by atoms with E-state index in [2.05, 4.69) is 52.0 Å². The number of hydrogen-bond acceptors (Lipinski definition) is 28. The first-order valence-corrected chi connectivity index (χ1v) is 43.5. The first-order chi connectivity index (χ1) is 39.2. The maximum Gasteiger partial charge on any atom is 0.269 e. The van der Waals surface area contributed by atoms with E-state index in [9.17, 15) is 111 Å². The fraction of sp³-hybridized carbons (Fsp3) is 1.00. The molecule has 5 saturated heterocycles. The van der Waals surface area contributed by atoms with Crippen molar-refractivity contribution in [3.8, 4) is 0 Å². The summed E-state index contributed by atoms with van der Waals surface area (Å²) in [5.41, 5.74) is 0. The molecule has 0 aromatic carbocycles. The van der Waals surface area contributed by atoms with Gasteiger partial charge in [0.2, 0.25) is 20.0 Å². The normalized spacial score (nSPS) is 41.2. The molecule has 86 heavy (non-hydrogen) atoms. The molecule has 4 aliphatic carbocycles. The smallest absolute Gasteiger partial charge is 0.269 e. The van der Waals surface area contributed by atoms with Gasteiger partial charge in [0.25, 0.3) is 60.7 Å². The van der Waals surface area contributed by atoms with Crippen LogP contribution < -0.4 is 52.0 Å². The molecule has 5 heterocycles. The molecule has 8 bridgehead atoms. The molecule has 9 fully saturated rings. The van der Waals surface area contributed by atoms with Gasteiger partial charge in [-0.2, -0.15) is 50.5 Å². The predicted octanol–water partition coefficient (Wildman–Crippen LogP) is -7.53. The Morgan fingerprint density at radius 1 is 0.326 bits per heavy atom. The molecular formula is C40H74N10O26S10. The highest BCUT2D eigenvalue weighted by Crippen LogP contribution is 2.50. The van der Waals surface area contributed by atoms with Gasteiger partial charge in [-0.05, 0) is 112 Å². The molecule has 23 unspecified atom stereocenters. The van der Waals surface area contributed by atoms with Crippen LogP contribution in [-0.2, 0) is 100 Å². The maximum atomic E-state index is 14.2. The van der Waals surface area contributed by atoms with Crippen LogP contribution in [0.2, 0.25) is 0 Å². The fourth-order valence-corrected chi connectivity index (χ4v) is 29.3. The zero-order chi connectivity index (χ0) is 63.7. The van der Waals surface area contributed by atoms with Crippen molar-refractivity contribution in [3.63, 3.8) is 0 Å². The minimum atomic E-state index is -5.30. The Bertz CT molecular complexity index is 3780. The van der Waals surface area contributed by atoms with E-state index in [-0.39, 0.29) is 19.3 Å². The van der Waals surface area contributed by atoms with E-state index < -0.39 is 315 Å². The molecule has 0 aromatic rings. The molecule has 0 radical (unpaired) electrons. The molecule has 500 valence electrons. The monoisotopic (exact) mass is 1430 g/mol. The van der Waals surface area contributed by atoms with Crippen LogP contribution in [0, 0.1) is 47.3 Å². The van der Waals surface area contributed by atoms with Crippen molar-refractivity contribution >= 4 is 100 Å². The second kappa shape index (κ2) is 24.3. The van der Waals surface area contributed by atoms with Crippen molar-refractivity contribution in [1.82, 2.24) is 52.0 Å². The van der Waals surface area contributed by atoms with Gasteiger partial charge in [0.1, 0.15) is 15.7 Å². The topological polar surface area (TPSA) is 583 Å². The number of nitrogens with one attached hydrogen (secondary N) is 10. The molecule has 23 atom stereocenters. The Morgan fingerprint density at radius 3 is 0.953 bits per heavy atom. The lowest BCUT2D eigenvalue weighted by molar-refractivity contribution is 0.168. The van der Waals surface area contributed by atoms with Crippen molar-refractivity contribution in [3.05, 3.63) is 0 Å². The fourth-order valence-electron chi connectivity index (χ4n) is 15.6. The third kappa shape index (κ3) is 15.4. The quantitative estimate of drug-likeness (QED) is 0.0534. The Labute approximate surface area is 500 Å². The van der Waals surface area contributed by atoms with E-state index in [0.29, 0.717) is 0 Å². The van der Waals surface area contributed by atoms with Gasteiger partial charge in [0, 0.05) is 19.3 Å². The molecule has 36 nitrogen and oxygen atoms in total. The highest BCUT2D eigenvalue weighted by molar-refractivity contribution is 7.95.